The van der Waals surface area contributed by atoms with Crippen molar-refractivity contribution in [1.29, 1.82) is 0 Å². The monoisotopic (exact) mass is 400 g/mol. The number of benzene rings is 2. The van der Waals surface area contributed by atoms with E-state index in [9.17, 15) is 9.59 Å². The molecule has 0 aromatic heterocycles. The van der Waals surface area contributed by atoms with Crippen molar-refractivity contribution in [3.63, 3.8) is 0 Å². The quantitative estimate of drug-likeness (QED) is 0.748. The molecule has 1 heterocycles. The molecule has 0 spiro atoms. The maximum atomic E-state index is 12.8. The average molecular weight is 401 g/mol. The molecule has 0 saturated carbocycles. The van der Waals surface area contributed by atoms with Gasteiger partial charge in [-0.25, -0.2) is 4.79 Å². The van der Waals surface area contributed by atoms with Gasteiger partial charge >= 0.3 is 5.97 Å². The number of amides is 1. The van der Waals surface area contributed by atoms with Gasteiger partial charge in [0.15, 0.2) is 18.1 Å². The Balaban J connectivity index is 1.89. The van der Waals surface area contributed by atoms with E-state index in [-0.39, 0.29) is 5.91 Å². The van der Waals surface area contributed by atoms with Crippen molar-refractivity contribution in [2.75, 3.05) is 18.7 Å². The molecule has 8 heteroatoms. The summed E-state index contributed by atoms with van der Waals surface area (Å²) in [5, 5.41) is 14.7. The van der Waals surface area contributed by atoms with Gasteiger partial charge in [-0.1, -0.05) is 29.8 Å². The van der Waals surface area contributed by atoms with Crippen molar-refractivity contribution < 1.29 is 24.2 Å². The molecule has 0 bridgehead atoms. The zero-order valence-electron chi connectivity index (χ0n) is 15.2. The van der Waals surface area contributed by atoms with Crippen molar-refractivity contribution >= 4 is 41.0 Å². The molecule has 2 aromatic carbocycles. The van der Waals surface area contributed by atoms with Crippen LogP contribution >= 0.6 is 11.6 Å². The first-order valence-electron chi connectivity index (χ1n) is 8.29. The second-order valence-electron chi connectivity index (χ2n) is 5.90. The number of aliphatic carboxylic acids is 1. The predicted molar refractivity (Wildman–Crippen MR) is 106 cm³/mol. The second kappa shape index (κ2) is 8.14. The first-order valence-corrected chi connectivity index (χ1v) is 8.67. The van der Waals surface area contributed by atoms with Crippen molar-refractivity contribution in [3.05, 3.63) is 58.6 Å². The number of carbonyl (C=O) groups excluding carboxylic acids is 1. The molecule has 0 aliphatic carbocycles. The number of nitrogens with zero attached hydrogens (tertiary/aromatic N) is 2. The molecular weight excluding hydrogens is 384 g/mol. The molecule has 0 saturated heterocycles. The van der Waals surface area contributed by atoms with E-state index in [1.165, 1.54) is 12.1 Å². The molecule has 7 nitrogen and oxygen atoms in total. The van der Waals surface area contributed by atoms with Gasteiger partial charge in [0.25, 0.3) is 5.91 Å². The number of rotatable bonds is 6. The normalized spacial score (nSPS) is 15.0. The van der Waals surface area contributed by atoms with Crippen LogP contribution in [0, 0.1) is 0 Å². The van der Waals surface area contributed by atoms with Crippen LogP contribution in [-0.2, 0) is 9.59 Å². The molecule has 0 fully saturated rings. The highest BCUT2D eigenvalue weighted by Gasteiger charge is 2.29. The molecule has 28 heavy (non-hydrogen) atoms. The van der Waals surface area contributed by atoms with Gasteiger partial charge in [-0.3, -0.25) is 4.79 Å². The number of carbonyl (C=O) groups is 2. The molecule has 1 aliphatic heterocycles. The van der Waals surface area contributed by atoms with E-state index in [2.05, 4.69) is 5.10 Å². The molecule has 144 valence electrons. The van der Waals surface area contributed by atoms with Crippen LogP contribution in [0.15, 0.2) is 53.1 Å². The number of carboxylic acid groups (broad SMARTS) is 1. The average Bonchev–Trinajstić information content (AvgIpc) is 2.95. The predicted octanol–water partition coefficient (Wildman–Crippen LogP) is 3.62. The van der Waals surface area contributed by atoms with Gasteiger partial charge < -0.3 is 14.6 Å². The number of anilines is 1. The maximum absolute atomic E-state index is 12.8. The van der Waals surface area contributed by atoms with E-state index >= 15 is 0 Å². The number of hydrogen-bond acceptors (Lipinski definition) is 5. The Labute approximate surface area is 166 Å². The van der Waals surface area contributed by atoms with Crippen LogP contribution in [0.2, 0.25) is 5.02 Å². The molecule has 1 N–H and O–H groups in total. The Morgan fingerprint density at radius 1 is 1.25 bits per heavy atom. The van der Waals surface area contributed by atoms with E-state index < -0.39 is 12.6 Å². The zero-order valence-corrected chi connectivity index (χ0v) is 15.9. The Kier molecular flexibility index (Phi) is 5.65. The van der Waals surface area contributed by atoms with E-state index in [1.807, 2.05) is 0 Å². The molecule has 1 aliphatic rings. The third-order valence-corrected chi connectivity index (χ3v) is 4.31. The Morgan fingerprint density at radius 2 is 2.00 bits per heavy atom. The molecule has 3 rings (SSSR count). The summed E-state index contributed by atoms with van der Waals surface area (Å²) in [6.07, 6.45) is 1.68. The van der Waals surface area contributed by atoms with E-state index in [4.69, 9.17) is 26.2 Å². The van der Waals surface area contributed by atoms with Gasteiger partial charge in [0.1, 0.15) is 0 Å². The van der Waals surface area contributed by atoms with Gasteiger partial charge in [0, 0.05) is 0 Å². The number of hydrogen-bond donors (Lipinski definition) is 1. The lowest BCUT2D eigenvalue weighted by atomic mass is 10.1. The Hall–Kier alpha value is -3.32. The number of carboxylic acids is 1. The number of methoxy groups -OCH3 is 1. The van der Waals surface area contributed by atoms with Gasteiger partial charge in [0.2, 0.25) is 0 Å². The molecular formula is C20H17ClN2O5. The lowest BCUT2D eigenvalue weighted by molar-refractivity contribution is -0.139. The van der Waals surface area contributed by atoms with Gasteiger partial charge in [-0.2, -0.15) is 10.1 Å². The fraction of sp³-hybridized carbons (Fsp3) is 0.150. The fourth-order valence-electron chi connectivity index (χ4n) is 2.67. The summed E-state index contributed by atoms with van der Waals surface area (Å²) in [6.45, 7) is 1.26. The van der Waals surface area contributed by atoms with Crippen LogP contribution in [0.1, 0.15) is 12.5 Å². The van der Waals surface area contributed by atoms with E-state index in [1.54, 1.807) is 55.5 Å². The van der Waals surface area contributed by atoms with E-state index in [0.29, 0.717) is 39.1 Å². The summed E-state index contributed by atoms with van der Waals surface area (Å²) in [6, 6.07) is 11.9. The lowest BCUT2D eigenvalue weighted by Crippen LogP contribution is -2.21. The summed E-state index contributed by atoms with van der Waals surface area (Å²) in [4.78, 5) is 23.5. The summed E-state index contributed by atoms with van der Waals surface area (Å²) >= 11 is 6.18. The smallest absolute Gasteiger partial charge is 0.341 e. The number of para-hydroxylation sites is 1. The third-order valence-electron chi connectivity index (χ3n) is 3.99. The van der Waals surface area contributed by atoms with Gasteiger partial charge in [-0.15, -0.1) is 0 Å². The van der Waals surface area contributed by atoms with Crippen LogP contribution in [0.25, 0.3) is 6.08 Å². The van der Waals surface area contributed by atoms with Crippen molar-refractivity contribution in [2.24, 2.45) is 5.10 Å². The molecule has 1 amide bonds. The molecule has 0 atom stereocenters. The number of ether oxygens (including phenoxy) is 2. The largest absolute Gasteiger partial charge is 0.493 e. The van der Waals surface area contributed by atoms with E-state index in [0.717, 1.165) is 0 Å². The fourth-order valence-corrected chi connectivity index (χ4v) is 2.89. The van der Waals surface area contributed by atoms with Crippen LogP contribution in [0.4, 0.5) is 5.69 Å². The minimum Gasteiger partial charge on any atom is -0.493 e. The first-order chi connectivity index (χ1) is 13.4. The topological polar surface area (TPSA) is 88.4 Å². The minimum absolute atomic E-state index is 0.296. The number of hydrazone groups is 1. The summed E-state index contributed by atoms with van der Waals surface area (Å²) in [7, 11) is 1.45. The minimum atomic E-state index is -1.09. The van der Waals surface area contributed by atoms with Crippen molar-refractivity contribution in [3.8, 4) is 11.5 Å². The highest BCUT2D eigenvalue weighted by Crippen LogP contribution is 2.32. The Bertz CT molecular complexity index is 1000. The highest BCUT2D eigenvalue weighted by atomic mass is 35.5. The standard InChI is InChI=1S/C20H17ClN2O5/c1-12-14(20(26)23(22-12)16-6-4-3-5-15(16)21)9-13-7-8-17(18(10-13)27-2)28-11-19(24)25/h3-10H,11H2,1-2H3,(H,24,25). The van der Waals surface area contributed by atoms with Crippen LogP contribution in [0.5, 0.6) is 11.5 Å². The highest BCUT2D eigenvalue weighted by molar-refractivity contribution is 6.37. The first kappa shape index (κ1) is 19.4. The zero-order chi connectivity index (χ0) is 20.3. The molecule has 0 unspecified atom stereocenters. The van der Waals surface area contributed by atoms with Crippen molar-refractivity contribution in [1.82, 2.24) is 0 Å². The third kappa shape index (κ3) is 3.99. The molecule has 0 radical (unpaired) electrons. The van der Waals surface area contributed by atoms with Crippen LogP contribution in [0.3, 0.4) is 0 Å². The summed E-state index contributed by atoms with van der Waals surface area (Å²) in [5.74, 6) is -0.724. The molecule has 2 aromatic rings. The Morgan fingerprint density at radius 3 is 2.68 bits per heavy atom. The number of halogens is 1. The maximum Gasteiger partial charge on any atom is 0.341 e. The van der Waals surface area contributed by atoms with Crippen LogP contribution < -0.4 is 14.5 Å². The van der Waals surface area contributed by atoms with Crippen molar-refractivity contribution in [2.45, 2.75) is 6.92 Å². The summed E-state index contributed by atoms with van der Waals surface area (Å²) < 4.78 is 10.4. The second-order valence-corrected chi connectivity index (χ2v) is 6.31. The van der Waals surface area contributed by atoms with Gasteiger partial charge in [-0.05, 0) is 42.8 Å². The summed E-state index contributed by atoms with van der Waals surface area (Å²) in [5.41, 5.74) is 2.15. The SMILES string of the molecule is COc1cc(C=C2C(=O)N(c3ccccc3Cl)N=C2C)ccc1OCC(=O)O. The van der Waals surface area contributed by atoms with Crippen LogP contribution in [-0.4, -0.2) is 36.4 Å². The lowest BCUT2D eigenvalue weighted by Gasteiger charge is -2.13. The van der Waals surface area contributed by atoms with Gasteiger partial charge in [0.05, 0.1) is 29.1 Å².